The smallest absolute Gasteiger partial charge is 0.140 e. The van der Waals surface area contributed by atoms with Crippen LogP contribution >= 0.6 is 0 Å². The molecule has 5 rings (SSSR count). The molecule has 0 radical (unpaired) electrons. The van der Waals surface area contributed by atoms with Crippen molar-refractivity contribution in [2.45, 2.75) is 38.5 Å². The van der Waals surface area contributed by atoms with Crippen molar-refractivity contribution in [3.8, 4) is 11.1 Å². The average molecular weight is 382 g/mol. The molecule has 2 heteroatoms. The Kier molecular flexibility index (Phi) is 4.43. The Hall–Kier alpha value is -3.00. The first-order valence-electron chi connectivity index (χ1n) is 10.4. The molecule has 1 unspecified atom stereocenters. The number of fused-ring (bicyclic) bond motifs is 2. The van der Waals surface area contributed by atoms with E-state index in [1.165, 1.54) is 11.5 Å². The number of hydrogen-bond donors (Lipinski definition) is 0. The first-order valence-corrected chi connectivity index (χ1v) is 10.4. The van der Waals surface area contributed by atoms with Crippen LogP contribution < -0.4 is 0 Å². The van der Waals surface area contributed by atoms with Gasteiger partial charge < -0.3 is 0 Å². The van der Waals surface area contributed by atoms with Crippen LogP contribution in [-0.2, 0) is 4.79 Å². The number of ketones is 1. The van der Waals surface area contributed by atoms with Gasteiger partial charge in [0.1, 0.15) is 11.6 Å². The van der Waals surface area contributed by atoms with Crippen LogP contribution in [0.2, 0.25) is 0 Å². The van der Waals surface area contributed by atoms with Gasteiger partial charge in [-0.1, -0.05) is 48.9 Å². The van der Waals surface area contributed by atoms with Gasteiger partial charge in [-0.15, -0.1) is 0 Å². The lowest BCUT2D eigenvalue weighted by atomic mass is 9.76. The van der Waals surface area contributed by atoms with Crippen molar-refractivity contribution < 1.29 is 9.18 Å². The number of hydrogen-bond acceptors (Lipinski definition) is 1. The molecule has 4 aromatic rings. The minimum atomic E-state index is -0.251. The molecule has 0 heterocycles. The summed E-state index contributed by atoms with van der Waals surface area (Å²) < 4.78 is 14.2. The molecule has 1 saturated carbocycles. The lowest BCUT2D eigenvalue weighted by molar-refractivity contribution is -0.121. The zero-order valence-corrected chi connectivity index (χ0v) is 16.5. The van der Waals surface area contributed by atoms with E-state index in [9.17, 15) is 9.18 Å². The minimum absolute atomic E-state index is 0.0992. The second kappa shape index (κ2) is 7.11. The lowest BCUT2D eigenvalue weighted by Crippen LogP contribution is -2.19. The lowest BCUT2D eigenvalue weighted by Gasteiger charge is -2.27. The zero-order chi connectivity index (χ0) is 20.0. The van der Waals surface area contributed by atoms with Crippen molar-refractivity contribution in [3.63, 3.8) is 0 Å². The molecule has 4 aromatic carbocycles. The van der Waals surface area contributed by atoms with E-state index in [0.717, 1.165) is 57.7 Å². The average Bonchev–Trinajstić information content (AvgIpc) is 2.72. The Bertz CT molecular complexity index is 1250. The van der Waals surface area contributed by atoms with E-state index in [4.69, 9.17) is 0 Å². The molecule has 1 atom stereocenters. The third-order valence-corrected chi connectivity index (χ3v) is 6.27. The summed E-state index contributed by atoms with van der Waals surface area (Å²) in [6.45, 7) is 2.09. The summed E-state index contributed by atoms with van der Waals surface area (Å²) in [6, 6.07) is 21.7. The van der Waals surface area contributed by atoms with Gasteiger partial charge in [0, 0.05) is 12.3 Å². The maximum absolute atomic E-state index is 14.2. The molecule has 0 spiro atoms. The SMILES string of the molecule is Cc1cc2cc3ccccc3cc2c(-c2cccc(F)c2)c1C1CCCCC1=O. The van der Waals surface area contributed by atoms with E-state index in [-0.39, 0.29) is 11.7 Å². The number of rotatable bonds is 2. The molecule has 0 saturated heterocycles. The molecule has 0 N–H and O–H groups in total. The van der Waals surface area contributed by atoms with Gasteiger partial charge in [-0.05, 0) is 87.8 Å². The molecule has 1 aliphatic carbocycles. The fourth-order valence-electron chi connectivity index (χ4n) is 4.94. The van der Waals surface area contributed by atoms with Gasteiger partial charge in [0.2, 0.25) is 0 Å². The van der Waals surface area contributed by atoms with Gasteiger partial charge in [-0.3, -0.25) is 4.79 Å². The van der Waals surface area contributed by atoms with Crippen LogP contribution in [0.5, 0.6) is 0 Å². The fourth-order valence-corrected chi connectivity index (χ4v) is 4.94. The number of benzene rings is 4. The highest BCUT2D eigenvalue weighted by Gasteiger charge is 2.29. The largest absolute Gasteiger partial charge is 0.299 e. The topological polar surface area (TPSA) is 17.1 Å². The van der Waals surface area contributed by atoms with Crippen molar-refractivity contribution in [2.24, 2.45) is 0 Å². The monoisotopic (exact) mass is 382 g/mol. The number of aryl methyl sites for hydroxylation is 1. The van der Waals surface area contributed by atoms with Crippen molar-refractivity contribution in [1.29, 1.82) is 0 Å². The number of Topliss-reactive ketones (excluding diaryl/α,β-unsaturated/α-hetero) is 1. The predicted octanol–water partition coefficient (Wildman–Crippen LogP) is 7.33. The first kappa shape index (κ1) is 18.1. The van der Waals surface area contributed by atoms with Crippen LogP contribution in [0.4, 0.5) is 4.39 Å². The van der Waals surface area contributed by atoms with Crippen LogP contribution in [-0.4, -0.2) is 5.78 Å². The standard InChI is InChI=1S/C27H23FO/c1-17-13-21-14-18-7-2-3-8-19(18)16-24(21)27(20-9-6-10-22(28)15-20)26(17)23-11-4-5-12-25(23)29/h2-3,6-10,13-16,23H,4-5,11-12H2,1H3. The summed E-state index contributed by atoms with van der Waals surface area (Å²) in [6.07, 6.45) is 3.56. The van der Waals surface area contributed by atoms with E-state index in [2.05, 4.69) is 37.3 Å². The molecule has 144 valence electrons. The third kappa shape index (κ3) is 3.13. The van der Waals surface area contributed by atoms with Crippen LogP contribution in [0.3, 0.4) is 0 Å². The van der Waals surface area contributed by atoms with Crippen LogP contribution in [0.1, 0.15) is 42.7 Å². The Morgan fingerprint density at radius 3 is 2.41 bits per heavy atom. The highest BCUT2D eigenvalue weighted by Crippen LogP contribution is 2.43. The zero-order valence-electron chi connectivity index (χ0n) is 16.5. The van der Waals surface area contributed by atoms with E-state index < -0.39 is 0 Å². The van der Waals surface area contributed by atoms with Crippen LogP contribution in [0.15, 0.2) is 66.7 Å². The molecular weight excluding hydrogens is 359 g/mol. The predicted molar refractivity (Wildman–Crippen MR) is 118 cm³/mol. The quantitative estimate of drug-likeness (QED) is 0.332. The van der Waals surface area contributed by atoms with E-state index >= 15 is 0 Å². The van der Waals surface area contributed by atoms with Crippen LogP contribution in [0, 0.1) is 12.7 Å². The summed E-state index contributed by atoms with van der Waals surface area (Å²) in [4.78, 5) is 12.9. The summed E-state index contributed by atoms with van der Waals surface area (Å²) in [7, 11) is 0. The number of halogens is 1. The second-order valence-electron chi connectivity index (χ2n) is 8.18. The Morgan fingerprint density at radius 2 is 1.66 bits per heavy atom. The molecule has 0 amide bonds. The van der Waals surface area contributed by atoms with Gasteiger partial charge >= 0.3 is 0 Å². The van der Waals surface area contributed by atoms with Crippen LogP contribution in [0.25, 0.3) is 32.7 Å². The summed E-state index contributed by atoms with van der Waals surface area (Å²) in [5.41, 5.74) is 4.07. The maximum atomic E-state index is 14.2. The Labute approximate surface area is 170 Å². The summed E-state index contributed by atoms with van der Waals surface area (Å²) in [5, 5.41) is 4.56. The molecular formula is C27H23FO. The maximum Gasteiger partial charge on any atom is 0.140 e. The van der Waals surface area contributed by atoms with Gasteiger partial charge in [0.25, 0.3) is 0 Å². The van der Waals surface area contributed by atoms with Crippen molar-refractivity contribution in [2.75, 3.05) is 0 Å². The third-order valence-electron chi connectivity index (χ3n) is 6.27. The minimum Gasteiger partial charge on any atom is -0.299 e. The second-order valence-corrected chi connectivity index (χ2v) is 8.18. The number of carbonyl (C=O) groups is 1. The van der Waals surface area contributed by atoms with Gasteiger partial charge in [-0.2, -0.15) is 0 Å². The molecule has 0 aromatic heterocycles. The molecule has 29 heavy (non-hydrogen) atoms. The first-order chi connectivity index (χ1) is 14.1. The molecule has 1 fully saturated rings. The Balaban J connectivity index is 1.89. The highest BCUT2D eigenvalue weighted by atomic mass is 19.1. The van der Waals surface area contributed by atoms with Crippen molar-refractivity contribution >= 4 is 27.3 Å². The van der Waals surface area contributed by atoms with Gasteiger partial charge in [0.05, 0.1) is 0 Å². The highest BCUT2D eigenvalue weighted by molar-refractivity contribution is 6.07. The normalized spacial score (nSPS) is 17.2. The van der Waals surface area contributed by atoms with Crippen molar-refractivity contribution in [3.05, 3.63) is 83.7 Å². The van der Waals surface area contributed by atoms with Gasteiger partial charge in [-0.25, -0.2) is 4.39 Å². The summed E-state index contributed by atoms with van der Waals surface area (Å²) in [5.74, 6) is -0.0334. The molecule has 1 nitrogen and oxygen atoms in total. The molecule has 0 aliphatic heterocycles. The van der Waals surface area contributed by atoms with E-state index in [1.807, 2.05) is 18.2 Å². The van der Waals surface area contributed by atoms with Gasteiger partial charge in [0.15, 0.2) is 0 Å². The Morgan fingerprint density at radius 1 is 0.862 bits per heavy atom. The van der Waals surface area contributed by atoms with E-state index in [0.29, 0.717) is 12.2 Å². The van der Waals surface area contributed by atoms with E-state index in [1.54, 1.807) is 12.1 Å². The molecule has 0 bridgehead atoms. The molecule has 1 aliphatic rings. The summed E-state index contributed by atoms with van der Waals surface area (Å²) >= 11 is 0. The number of carbonyl (C=O) groups excluding carboxylic acids is 1. The fraction of sp³-hybridized carbons (Fsp3) is 0.222. The van der Waals surface area contributed by atoms with Crippen molar-refractivity contribution in [1.82, 2.24) is 0 Å².